The summed E-state index contributed by atoms with van der Waals surface area (Å²) < 4.78 is 12.3. The third kappa shape index (κ3) is 3.84. The van der Waals surface area contributed by atoms with E-state index in [1.54, 1.807) is 0 Å². The molecule has 0 unspecified atom stereocenters. The van der Waals surface area contributed by atoms with Crippen LogP contribution in [-0.2, 0) is 20.5 Å². The predicted octanol–water partition coefficient (Wildman–Crippen LogP) is 3.18. The Morgan fingerprint density at radius 3 is 2.46 bits per heavy atom. The normalized spacial score (nSPS) is 27.6. The maximum atomic E-state index is 12.8. The zero-order valence-electron chi connectivity index (χ0n) is 17.0. The fourth-order valence-corrected chi connectivity index (χ4v) is 3.74. The molecule has 26 heavy (non-hydrogen) atoms. The third-order valence-corrected chi connectivity index (χ3v) is 6.27. The van der Waals surface area contributed by atoms with E-state index in [1.165, 1.54) is 6.42 Å². The molecule has 1 aromatic rings. The Bertz CT molecular complexity index is 657. The van der Waals surface area contributed by atoms with Gasteiger partial charge in [-0.05, 0) is 64.4 Å². The number of amides is 1. The van der Waals surface area contributed by atoms with Gasteiger partial charge in [-0.15, -0.1) is 0 Å². The lowest BCUT2D eigenvalue weighted by Gasteiger charge is -2.37. The standard InChI is InChI=1S/C21H32BNO3/c1-15-10-11-16(2)23(14-15)19(24)13-17-8-7-9-18(12-17)22-25-20(3,4)21(5,6)26-22/h7-9,12,15-16H,10-11,13-14H2,1-6H3/t15-,16+/m1/s1. The summed E-state index contributed by atoms with van der Waals surface area (Å²) >= 11 is 0. The first-order chi connectivity index (χ1) is 12.1. The molecule has 0 N–H and O–H groups in total. The number of nitrogens with zero attached hydrogens (tertiary/aromatic N) is 1. The Morgan fingerprint density at radius 2 is 1.81 bits per heavy atom. The molecule has 2 heterocycles. The highest BCUT2D eigenvalue weighted by Crippen LogP contribution is 2.36. The Labute approximate surface area is 158 Å². The second-order valence-electron chi connectivity index (χ2n) is 9.09. The van der Waals surface area contributed by atoms with Crippen molar-refractivity contribution in [2.75, 3.05) is 6.54 Å². The lowest BCUT2D eigenvalue weighted by Crippen LogP contribution is -2.45. The monoisotopic (exact) mass is 357 g/mol. The molecule has 2 aliphatic heterocycles. The summed E-state index contributed by atoms with van der Waals surface area (Å²) in [5.41, 5.74) is 1.28. The van der Waals surface area contributed by atoms with Gasteiger partial charge in [-0.2, -0.15) is 0 Å². The maximum absolute atomic E-state index is 12.8. The van der Waals surface area contributed by atoms with Crippen LogP contribution in [0.4, 0.5) is 0 Å². The molecule has 142 valence electrons. The molecular formula is C21H32BNO3. The molecule has 5 heteroatoms. The van der Waals surface area contributed by atoms with E-state index in [0.29, 0.717) is 18.4 Å². The van der Waals surface area contributed by atoms with Crippen molar-refractivity contribution in [3.63, 3.8) is 0 Å². The van der Waals surface area contributed by atoms with E-state index in [4.69, 9.17) is 9.31 Å². The van der Waals surface area contributed by atoms with Gasteiger partial charge >= 0.3 is 7.12 Å². The van der Waals surface area contributed by atoms with Crippen LogP contribution < -0.4 is 5.46 Å². The number of piperidine rings is 1. The first kappa shape index (κ1) is 19.4. The number of hydrogen-bond donors (Lipinski definition) is 0. The molecule has 1 aromatic carbocycles. The van der Waals surface area contributed by atoms with Crippen LogP contribution in [0.2, 0.25) is 0 Å². The van der Waals surface area contributed by atoms with E-state index in [2.05, 4.69) is 52.5 Å². The van der Waals surface area contributed by atoms with Crippen molar-refractivity contribution in [3.05, 3.63) is 29.8 Å². The van der Waals surface area contributed by atoms with Crippen molar-refractivity contribution in [2.45, 2.75) is 78.0 Å². The van der Waals surface area contributed by atoms with Crippen LogP contribution in [0, 0.1) is 5.92 Å². The lowest BCUT2D eigenvalue weighted by atomic mass is 9.78. The van der Waals surface area contributed by atoms with Crippen LogP contribution >= 0.6 is 0 Å². The molecule has 0 radical (unpaired) electrons. The van der Waals surface area contributed by atoms with Gasteiger partial charge in [0.2, 0.25) is 5.91 Å². The SMILES string of the molecule is C[C@@H]1CC[C@H](C)N(C(=O)Cc2cccc(B3OC(C)(C)C(C)(C)O3)c2)C1. The summed E-state index contributed by atoms with van der Waals surface area (Å²) in [7, 11) is -0.385. The van der Waals surface area contributed by atoms with Crippen LogP contribution in [0.5, 0.6) is 0 Å². The number of carbonyl (C=O) groups excluding carboxylic acids is 1. The van der Waals surface area contributed by atoms with Gasteiger partial charge in [-0.1, -0.05) is 31.2 Å². The van der Waals surface area contributed by atoms with E-state index in [-0.39, 0.29) is 24.2 Å². The Hall–Kier alpha value is -1.33. The number of benzene rings is 1. The van der Waals surface area contributed by atoms with E-state index in [9.17, 15) is 4.79 Å². The zero-order valence-corrected chi connectivity index (χ0v) is 17.0. The second-order valence-corrected chi connectivity index (χ2v) is 9.09. The van der Waals surface area contributed by atoms with Crippen molar-refractivity contribution < 1.29 is 14.1 Å². The topological polar surface area (TPSA) is 38.8 Å². The Kier molecular flexibility index (Phi) is 5.24. The van der Waals surface area contributed by atoms with E-state index < -0.39 is 0 Å². The van der Waals surface area contributed by atoms with Gasteiger partial charge < -0.3 is 14.2 Å². The molecule has 0 spiro atoms. The predicted molar refractivity (Wildman–Crippen MR) is 105 cm³/mol. The van der Waals surface area contributed by atoms with Crippen molar-refractivity contribution in [1.82, 2.24) is 4.90 Å². The average Bonchev–Trinajstić information content (AvgIpc) is 2.78. The summed E-state index contributed by atoms with van der Waals surface area (Å²) in [5, 5.41) is 0. The molecule has 2 fully saturated rings. The van der Waals surface area contributed by atoms with Crippen LogP contribution in [0.3, 0.4) is 0 Å². The van der Waals surface area contributed by atoms with Gasteiger partial charge in [-0.3, -0.25) is 4.79 Å². The van der Waals surface area contributed by atoms with Gasteiger partial charge in [0.05, 0.1) is 17.6 Å². The van der Waals surface area contributed by atoms with Gasteiger partial charge in [0.1, 0.15) is 0 Å². The smallest absolute Gasteiger partial charge is 0.399 e. The fraction of sp³-hybridized carbons (Fsp3) is 0.667. The van der Waals surface area contributed by atoms with Gasteiger partial charge in [-0.25, -0.2) is 0 Å². The largest absolute Gasteiger partial charge is 0.494 e. The molecule has 2 atom stereocenters. The summed E-state index contributed by atoms with van der Waals surface area (Å²) in [6.07, 6.45) is 2.74. The molecule has 0 bridgehead atoms. The van der Waals surface area contributed by atoms with Crippen LogP contribution in [0.25, 0.3) is 0 Å². The van der Waals surface area contributed by atoms with E-state index >= 15 is 0 Å². The summed E-state index contributed by atoms with van der Waals surface area (Å²) in [5.74, 6) is 0.807. The quantitative estimate of drug-likeness (QED) is 0.780. The first-order valence-electron chi connectivity index (χ1n) is 9.83. The second kappa shape index (κ2) is 7.01. The molecule has 0 aliphatic carbocycles. The number of likely N-dealkylation sites (tertiary alicyclic amines) is 1. The summed E-state index contributed by atoms with van der Waals surface area (Å²) in [6.45, 7) is 13.5. The highest BCUT2D eigenvalue weighted by molar-refractivity contribution is 6.62. The molecule has 0 saturated carbocycles. The number of rotatable bonds is 3. The highest BCUT2D eigenvalue weighted by Gasteiger charge is 2.51. The summed E-state index contributed by atoms with van der Waals surface area (Å²) in [4.78, 5) is 14.9. The first-order valence-corrected chi connectivity index (χ1v) is 9.83. The van der Waals surface area contributed by atoms with Gasteiger partial charge in [0.25, 0.3) is 0 Å². The highest BCUT2D eigenvalue weighted by atomic mass is 16.7. The Balaban J connectivity index is 1.71. The molecule has 2 aliphatic rings. The van der Waals surface area contributed by atoms with Crippen molar-refractivity contribution >= 4 is 18.5 Å². The van der Waals surface area contributed by atoms with Gasteiger partial charge in [0.15, 0.2) is 0 Å². The summed E-state index contributed by atoms with van der Waals surface area (Å²) in [6, 6.07) is 8.42. The maximum Gasteiger partial charge on any atom is 0.494 e. The number of hydrogen-bond acceptors (Lipinski definition) is 3. The lowest BCUT2D eigenvalue weighted by molar-refractivity contribution is -0.134. The average molecular weight is 357 g/mol. The third-order valence-electron chi connectivity index (χ3n) is 6.27. The zero-order chi connectivity index (χ0) is 19.1. The van der Waals surface area contributed by atoms with Crippen molar-refractivity contribution in [1.29, 1.82) is 0 Å². The van der Waals surface area contributed by atoms with Crippen LogP contribution in [-0.4, -0.2) is 41.7 Å². The van der Waals surface area contributed by atoms with Crippen LogP contribution in [0.15, 0.2) is 24.3 Å². The minimum absolute atomic E-state index is 0.218. The minimum Gasteiger partial charge on any atom is -0.399 e. The molecule has 1 amide bonds. The molecule has 0 aromatic heterocycles. The molecular weight excluding hydrogens is 325 g/mol. The van der Waals surface area contributed by atoms with E-state index in [1.807, 2.05) is 18.2 Å². The minimum atomic E-state index is -0.385. The van der Waals surface area contributed by atoms with Crippen molar-refractivity contribution in [3.8, 4) is 0 Å². The van der Waals surface area contributed by atoms with E-state index in [0.717, 1.165) is 24.0 Å². The van der Waals surface area contributed by atoms with Crippen LogP contribution in [0.1, 0.15) is 59.9 Å². The number of carbonyl (C=O) groups is 1. The molecule has 2 saturated heterocycles. The molecule has 4 nitrogen and oxygen atoms in total. The van der Waals surface area contributed by atoms with Gasteiger partial charge in [0, 0.05) is 12.6 Å². The molecule has 3 rings (SSSR count). The van der Waals surface area contributed by atoms with Crippen molar-refractivity contribution in [2.24, 2.45) is 5.92 Å². The Morgan fingerprint density at radius 1 is 1.15 bits per heavy atom. The fourth-order valence-electron chi connectivity index (χ4n) is 3.74.